The topological polar surface area (TPSA) is 66.5 Å². The van der Waals surface area contributed by atoms with Crippen molar-refractivity contribution in [3.63, 3.8) is 0 Å². The number of hydrogen-bond donors (Lipinski definition) is 1. The van der Waals surface area contributed by atoms with E-state index in [1.165, 1.54) is 36.4 Å². The van der Waals surface area contributed by atoms with Crippen molar-refractivity contribution in [2.75, 3.05) is 13.1 Å². The molecule has 1 saturated carbocycles. The first-order valence-electron chi connectivity index (χ1n) is 8.30. The number of nitrogens with one attached hydrogen (secondary N) is 1. The highest BCUT2D eigenvalue weighted by Gasteiger charge is 2.28. The molecule has 0 aromatic heterocycles. The fourth-order valence-corrected chi connectivity index (χ4v) is 4.76. The smallest absolute Gasteiger partial charge is 0.274 e. The molecule has 2 aliphatic rings. The first kappa shape index (κ1) is 16.7. The van der Waals surface area contributed by atoms with Crippen LogP contribution in [0.15, 0.2) is 0 Å². The third-order valence-corrected chi connectivity index (χ3v) is 6.39. The average molecular weight is 316 g/mol. The van der Waals surface area contributed by atoms with Gasteiger partial charge >= 0.3 is 10.2 Å². The maximum atomic E-state index is 12.1. The summed E-state index contributed by atoms with van der Waals surface area (Å²) < 4.78 is 28.0. The molecule has 0 unspecified atom stereocenters. The second kappa shape index (κ2) is 7.58. The van der Waals surface area contributed by atoms with E-state index in [1.54, 1.807) is 0 Å². The quantitative estimate of drug-likeness (QED) is 0.847. The Morgan fingerprint density at radius 3 is 2.29 bits per heavy atom. The molecule has 0 spiro atoms. The molecule has 5 nitrogen and oxygen atoms in total. The minimum absolute atomic E-state index is 0.266. The molecule has 1 N–H and O–H groups in total. The largest absolute Gasteiger partial charge is 0.303 e. The van der Waals surface area contributed by atoms with Gasteiger partial charge in [0.2, 0.25) is 5.91 Å². The maximum Gasteiger partial charge on any atom is 0.303 e. The van der Waals surface area contributed by atoms with E-state index >= 15 is 0 Å². The number of carbonyl (C=O) groups excluding carboxylic acids is 1. The van der Waals surface area contributed by atoms with Crippen LogP contribution < -0.4 is 4.72 Å². The van der Waals surface area contributed by atoms with Gasteiger partial charge in [-0.15, -0.1) is 0 Å². The van der Waals surface area contributed by atoms with Crippen LogP contribution in [0.3, 0.4) is 0 Å². The van der Waals surface area contributed by atoms with Crippen LogP contribution in [0.5, 0.6) is 0 Å². The highest BCUT2D eigenvalue weighted by Crippen LogP contribution is 2.31. The molecule has 0 aromatic rings. The Kier molecular flexibility index (Phi) is 6.05. The summed E-state index contributed by atoms with van der Waals surface area (Å²) in [7, 11) is -3.63. The van der Waals surface area contributed by atoms with Gasteiger partial charge < -0.3 is 0 Å². The number of rotatable bonds is 5. The summed E-state index contributed by atoms with van der Waals surface area (Å²) in [5.41, 5.74) is 0. The molecule has 1 aliphatic heterocycles. The Hall–Kier alpha value is -0.620. The van der Waals surface area contributed by atoms with Crippen molar-refractivity contribution < 1.29 is 13.2 Å². The van der Waals surface area contributed by atoms with E-state index < -0.39 is 10.2 Å². The summed E-state index contributed by atoms with van der Waals surface area (Å²) in [6, 6.07) is 0. The fraction of sp³-hybridized carbons (Fsp3) is 0.933. The minimum Gasteiger partial charge on any atom is -0.274 e. The van der Waals surface area contributed by atoms with E-state index in [9.17, 15) is 13.2 Å². The molecule has 1 aliphatic carbocycles. The zero-order valence-corrected chi connectivity index (χ0v) is 13.8. The molecule has 0 aromatic carbocycles. The van der Waals surface area contributed by atoms with Gasteiger partial charge in [0.25, 0.3) is 0 Å². The van der Waals surface area contributed by atoms with E-state index in [0.29, 0.717) is 25.4 Å². The molecule has 1 atom stereocenters. The maximum absolute atomic E-state index is 12.1. The van der Waals surface area contributed by atoms with Gasteiger partial charge in [-0.25, -0.2) is 4.72 Å². The summed E-state index contributed by atoms with van der Waals surface area (Å²) in [6.45, 7) is 3.13. The highest BCUT2D eigenvalue weighted by atomic mass is 32.2. The molecular formula is C15H28N2O3S. The Balaban J connectivity index is 1.82. The minimum atomic E-state index is -3.63. The lowest BCUT2D eigenvalue weighted by Gasteiger charge is -2.28. The zero-order valence-electron chi connectivity index (χ0n) is 13.0. The normalized spacial score (nSPS) is 23.7. The van der Waals surface area contributed by atoms with Gasteiger partial charge in [-0.05, 0) is 24.7 Å². The molecule has 0 radical (unpaired) electrons. The molecule has 122 valence electrons. The molecule has 1 saturated heterocycles. The van der Waals surface area contributed by atoms with E-state index in [4.69, 9.17) is 0 Å². The van der Waals surface area contributed by atoms with Crippen LogP contribution >= 0.6 is 0 Å². The van der Waals surface area contributed by atoms with Crippen LogP contribution in [0.4, 0.5) is 0 Å². The van der Waals surface area contributed by atoms with E-state index in [2.05, 4.69) is 11.6 Å². The number of nitrogens with zero attached hydrogens (tertiary/aromatic N) is 1. The van der Waals surface area contributed by atoms with Crippen molar-refractivity contribution in [2.24, 2.45) is 11.8 Å². The first-order valence-corrected chi connectivity index (χ1v) is 9.74. The molecular weight excluding hydrogens is 288 g/mol. The first-order chi connectivity index (χ1) is 9.99. The van der Waals surface area contributed by atoms with E-state index in [0.717, 1.165) is 19.3 Å². The molecule has 1 amide bonds. The summed E-state index contributed by atoms with van der Waals surface area (Å²) in [5.74, 6) is 0.489. The summed E-state index contributed by atoms with van der Waals surface area (Å²) in [5, 5.41) is 0. The lowest BCUT2D eigenvalue weighted by atomic mass is 9.79. The summed E-state index contributed by atoms with van der Waals surface area (Å²) in [4.78, 5) is 12.0. The van der Waals surface area contributed by atoms with E-state index in [1.807, 2.05) is 0 Å². The van der Waals surface area contributed by atoms with Crippen LogP contribution in [-0.2, 0) is 15.0 Å². The molecule has 2 fully saturated rings. The van der Waals surface area contributed by atoms with Crippen molar-refractivity contribution >= 4 is 16.1 Å². The van der Waals surface area contributed by atoms with Gasteiger partial charge in [-0.2, -0.15) is 12.7 Å². The average Bonchev–Trinajstić information content (AvgIpc) is 2.48. The third kappa shape index (κ3) is 4.95. The van der Waals surface area contributed by atoms with E-state index in [-0.39, 0.29) is 11.8 Å². The molecule has 2 rings (SSSR count). The van der Waals surface area contributed by atoms with Crippen LogP contribution in [0, 0.1) is 11.8 Å². The standard InChI is InChI=1S/C15H28N2O3S/c1-13(14-8-4-2-5-9-14)12-15(18)16-21(19,20)17-10-6-3-7-11-17/h13-14H,2-12H2,1H3,(H,16,18)/t13-/m1/s1. The van der Waals surface area contributed by atoms with Gasteiger partial charge in [0.15, 0.2) is 0 Å². The number of amides is 1. The van der Waals surface area contributed by atoms with Crippen molar-refractivity contribution in [3.8, 4) is 0 Å². The lowest BCUT2D eigenvalue weighted by molar-refractivity contribution is -0.120. The van der Waals surface area contributed by atoms with Crippen molar-refractivity contribution in [2.45, 2.75) is 64.7 Å². The summed E-state index contributed by atoms with van der Waals surface area (Å²) in [6.07, 6.45) is 9.27. The van der Waals surface area contributed by atoms with Crippen LogP contribution in [0.1, 0.15) is 64.7 Å². The Labute approximate surface area is 128 Å². The Bertz CT molecular complexity index is 438. The van der Waals surface area contributed by atoms with Gasteiger partial charge in [0, 0.05) is 19.5 Å². The van der Waals surface area contributed by atoms with Crippen molar-refractivity contribution in [1.29, 1.82) is 0 Å². The van der Waals surface area contributed by atoms with Crippen molar-refractivity contribution in [1.82, 2.24) is 9.03 Å². The summed E-state index contributed by atoms with van der Waals surface area (Å²) >= 11 is 0. The number of piperidine rings is 1. The van der Waals surface area contributed by atoms with Gasteiger partial charge in [-0.1, -0.05) is 45.4 Å². The Morgan fingerprint density at radius 1 is 1.10 bits per heavy atom. The molecule has 6 heteroatoms. The number of hydrogen-bond acceptors (Lipinski definition) is 3. The van der Waals surface area contributed by atoms with Gasteiger partial charge in [0.1, 0.15) is 0 Å². The predicted molar refractivity (Wildman–Crippen MR) is 82.8 cm³/mol. The third-order valence-electron chi connectivity index (χ3n) is 4.86. The molecule has 0 bridgehead atoms. The molecule has 1 heterocycles. The fourth-order valence-electron chi connectivity index (χ4n) is 3.52. The van der Waals surface area contributed by atoms with Gasteiger partial charge in [-0.3, -0.25) is 4.79 Å². The van der Waals surface area contributed by atoms with Crippen LogP contribution in [0.25, 0.3) is 0 Å². The number of carbonyl (C=O) groups is 1. The predicted octanol–water partition coefficient (Wildman–Crippen LogP) is 2.44. The second-order valence-corrected chi connectivity index (χ2v) is 8.24. The monoisotopic (exact) mass is 316 g/mol. The lowest BCUT2D eigenvalue weighted by Crippen LogP contribution is -2.46. The second-order valence-electron chi connectivity index (χ2n) is 6.57. The Morgan fingerprint density at radius 2 is 1.67 bits per heavy atom. The van der Waals surface area contributed by atoms with Gasteiger partial charge in [0.05, 0.1) is 0 Å². The van der Waals surface area contributed by atoms with Crippen LogP contribution in [0.2, 0.25) is 0 Å². The zero-order chi connectivity index (χ0) is 15.3. The van der Waals surface area contributed by atoms with Crippen molar-refractivity contribution in [3.05, 3.63) is 0 Å². The highest BCUT2D eigenvalue weighted by molar-refractivity contribution is 7.87. The SMILES string of the molecule is C[C@H](CC(=O)NS(=O)(=O)N1CCCCC1)C1CCCCC1. The van der Waals surface area contributed by atoms with Crippen LogP contribution in [-0.4, -0.2) is 31.7 Å². The molecule has 21 heavy (non-hydrogen) atoms.